The van der Waals surface area contributed by atoms with Crippen molar-refractivity contribution in [1.82, 2.24) is 5.32 Å². The molecular weight excluding hydrogens is 180 g/mol. The first-order valence-corrected chi connectivity index (χ1v) is 4.96. The number of nitrogens with zero attached hydrogens (tertiary/aromatic N) is 1. The molecule has 1 N–H and O–H groups in total. The van der Waals surface area contributed by atoms with E-state index in [2.05, 4.69) is 11.4 Å². The maximum atomic E-state index is 8.50. The first-order chi connectivity index (χ1) is 6.72. The first kappa shape index (κ1) is 11.4. The van der Waals surface area contributed by atoms with E-state index in [0.29, 0.717) is 13.0 Å². The van der Waals surface area contributed by atoms with Crippen molar-refractivity contribution >= 4 is 0 Å². The van der Waals surface area contributed by atoms with Gasteiger partial charge in [0.25, 0.3) is 0 Å². The summed E-state index contributed by atoms with van der Waals surface area (Å²) < 4.78 is 10.8. The van der Waals surface area contributed by atoms with Gasteiger partial charge in [0.1, 0.15) is 5.60 Å². The van der Waals surface area contributed by atoms with E-state index >= 15 is 0 Å². The zero-order valence-electron chi connectivity index (χ0n) is 8.88. The number of nitrogens with one attached hydrogen (secondary N) is 1. The van der Waals surface area contributed by atoms with Crippen molar-refractivity contribution in [2.45, 2.75) is 31.4 Å². The van der Waals surface area contributed by atoms with E-state index in [9.17, 15) is 0 Å². The lowest BCUT2D eigenvalue weighted by molar-refractivity contribution is -0.0170. The molecule has 0 spiro atoms. The van der Waals surface area contributed by atoms with Crippen LogP contribution in [-0.4, -0.2) is 38.5 Å². The predicted octanol–water partition coefficient (Wildman–Crippen LogP) is 0.684. The van der Waals surface area contributed by atoms with Gasteiger partial charge in [-0.05, 0) is 6.92 Å². The molecule has 0 bridgehead atoms. The molecule has 1 heterocycles. The number of rotatable bonds is 5. The molecule has 1 saturated heterocycles. The Morgan fingerprint density at radius 2 is 2.50 bits per heavy atom. The van der Waals surface area contributed by atoms with Gasteiger partial charge in [-0.15, -0.1) is 0 Å². The van der Waals surface area contributed by atoms with Crippen LogP contribution in [0.1, 0.15) is 19.8 Å². The van der Waals surface area contributed by atoms with Crippen LogP contribution in [0.15, 0.2) is 0 Å². The summed E-state index contributed by atoms with van der Waals surface area (Å²) in [5, 5.41) is 11.8. The smallest absolute Gasteiger partial charge is 0.106 e. The van der Waals surface area contributed by atoms with E-state index in [1.165, 1.54) is 0 Å². The third kappa shape index (κ3) is 2.95. The van der Waals surface area contributed by atoms with Crippen LogP contribution in [0.25, 0.3) is 0 Å². The van der Waals surface area contributed by atoms with Gasteiger partial charge in [0.05, 0.1) is 19.1 Å². The Labute approximate surface area is 85.2 Å². The fraction of sp³-hybridized carbons (Fsp3) is 0.900. The van der Waals surface area contributed by atoms with E-state index in [-0.39, 0.29) is 11.6 Å². The summed E-state index contributed by atoms with van der Waals surface area (Å²) in [4.78, 5) is 0. The number of hydrogen-bond acceptors (Lipinski definition) is 4. The van der Waals surface area contributed by atoms with Crippen molar-refractivity contribution in [3.05, 3.63) is 0 Å². The Morgan fingerprint density at radius 3 is 3.00 bits per heavy atom. The van der Waals surface area contributed by atoms with Gasteiger partial charge in [0.2, 0.25) is 0 Å². The molecule has 0 radical (unpaired) electrons. The molecule has 2 unspecified atom stereocenters. The molecular formula is C10H18N2O2. The predicted molar refractivity (Wildman–Crippen MR) is 52.9 cm³/mol. The van der Waals surface area contributed by atoms with Crippen LogP contribution < -0.4 is 5.32 Å². The highest BCUT2D eigenvalue weighted by Crippen LogP contribution is 2.21. The Kier molecular flexibility index (Phi) is 4.33. The second-order valence-electron chi connectivity index (χ2n) is 3.83. The van der Waals surface area contributed by atoms with Crippen LogP contribution in [0.3, 0.4) is 0 Å². The summed E-state index contributed by atoms with van der Waals surface area (Å²) in [6.45, 7) is 4.17. The number of methoxy groups -OCH3 is 1. The van der Waals surface area contributed by atoms with Gasteiger partial charge >= 0.3 is 0 Å². The number of nitriles is 1. The van der Waals surface area contributed by atoms with Gasteiger partial charge in [-0.1, -0.05) is 0 Å². The molecule has 80 valence electrons. The standard InChI is InChI=1S/C10H18N2O2/c1-9(3-5-11)12-7-10(13-2)4-6-14-8-10/h9,12H,3-4,6-8H2,1-2H3. The van der Waals surface area contributed by atoms with Gasteiger partial charge in [0.15, 0.2) is 0 Å². The van der Waals surface area contributed by atoms with E-state index in [1.54, 1.807) is 7.11 Å². The number of ether oxygens (including phenoxy) is 2. The summed E-state index contributed by atoms with van der Waals surface area (Å²) in [7, 11) is 1.71. The third-order valence-corrected chi connectivity index (χ3v) is 2.67. The summed E-state index contributed by atoms with van der Waals surface area (Å²) in [6, 6.07) is 2.35. The fourth-order valence-corrected chi connectivity index (χ4v) is 1.53. The lowest BCUT2D eigenvalue weighted by Crippen LogP contribution is -2.45. The zero-order valence-corrected chi connectivity index (χ0v) is 8.88. The molecule has 2 atom stereocenters. The largest absolute Gasteiger partial charge is 0.378 e. The summed E-state index contributed by atoms with van der Waals surface area (Å²) >= 11 is 0. The lowest BCUT2D eigenvalue weighted by atomic mass is 10.0. The molecule has 0 aromatic rings. The Bertz CT molecular complexity index is 207. The highest BCUT2D eigenvalue weighted by atomic mass is 16.5. The van der Waals surface area contributed by atoms with Crippen LogP contribution in [0.5, 0.6) is 0 Å². The molecule has 4 nitrogen and oxygen atoms in total. The Balaban J connectivity index is 2.31. The quantitative estimate of drug-likeness (QED) is 0.706. The van der Waals surface area contributed by atoms with Crippen LogP contribution in [0, 0.1) is 11.3 Å². The highest BCUT2D eigenvalue weighted by Gasteiger charge is 2.34. The van der Waals surface area contributed by atoms with Crippen molar-refractivity contribution in [3.8, 4) is 6.07 Å². The zero-order chi connectivity index (χ0) is 10.4. The monoisotopic (exact) mass is 198 g/mol. The van der Waals surface area contributed by atoms with Crippen molar-refractivity contribution in [1.29, 1.82) is 5.26 Å². The van der Waals surface area contributed by atoms with Crippen molar-refractivity contribution in [3.63, 3.8) is 0 Å². The van der Waals surface area contributed by atoms with Crippen LogP contribution in [0.4, 0.5) is 0 Å². The van der Waals surface area contributed by atoms with Gasteiger partial charge in [-0.3, -0.25) is 0 Å². The average Bonchev–Trinajstić information content (AvgIpc) is 2.65. The molecule has 4 heteroatoms. The highest BCUT2D eigenvalue weighted by molar-refractivity contribution is 4.89. The van der Waals surface area contributed by atoms with Gasteiger partial charge in [-0.25, -0.2) is 0 Å². The molecule has 1 aliphatic heterocycles. The molecule has 0 saturated carbocycles. The van der Waals surface area contributed by atoms with Crippen LogP contribution in [-0.2, 0) is 9.47 Å². The molecule has 0 aromatic heterocycles. The van der Waals surface area contributed by atoms with Crippen molar-refractivity contribution in [2.24, 2.45) is 0 Å². The first-order valence-electron chi connectivity index (χ1n) is 4.96. The number of hydrogen-bond donors (Lipinski definition) is 1. The molecule has 0 aliphatic carbocycles. The van der Waals surface area contributed by atoms with Gasteiger partial charge in [0, 0.05) is 32.7 Å². The molecule has 1 rings (SSSR count). The lowest BCUT2D eigenvalue weighted by Gasteiger charge is -2.27. The van der Waals surface area contributed by atoms with Gasteiger partial charge < -0.3 is 14.8 Å². The minimum atomic E-state index is -0.177. The van der Waals surface area contributed by atoms with E-state index in [4.69, 9.17) is 14.7 Å². The third-order valence-electron chi connectivity index (χ3n) is 2.67. The fourth-order valence-electron chi connectivity index (χ4n) is 1.53. The minimum Gasteiger partial charge on any atom is -0.378 e. The summed E-state index contributed by atoms with van der Waals surface area (Å²) in [6.07, 6.45) is 1.45. The van der Waals surface area contributed by atoms with Crippen molar-refractivity contribution in [2.75, 3.05) is 26.9 Å². The molecule has 14 heavy (non-hydrogen) atoms. The minimum absolute atomic E-state index is 0.177. The summed E-state index contributed by atoms with van der Waals surface area (Å²) in [5.74, 6) is 0. The van der Waals surface area contributed by atoms with Gasteiger partial charge in [-0.2, -0.15) is 5.26 Å². The molecule has 1 aliphatic rings. The maximum Gasteiger partial charge on any atom is 0.106 e. The van der Waals surface area contributed by atoms with E-state index in [0.717, 1.165) is 19.6 Å². The Hall–Kier alpha value is -0.630. The van der Waals surface area contributed by atoms with Crippen LogP contribution >= 0.6 is 0 Å². The van der Waals surface area contributed by atoms with Crippen LogP contribution in [0.2, 0.25) is 0 Å². The maximum absolute atomic E-state index is 8.50. The average molecular weight is 198 g/mol. The Morgan fingerprint density at radius 1 is 1.71 bits per heavy atom. The second-order valence-corrected chi connectivity index (χ2v) is 3.83. The summed E-state index contributed by atoms with van der Waals surface area (Å²) in [5.41, 5.74) is -0.177. The normalized spacial score (nSPS) is 28.6. The van der Waals surface area contributed by atoms with E-state index in [1.807, 2.05) is 6.92 Å². The van der Waals surface area contributed by atoms with E-state index < -0.39 is 0 Å². The second kappa shape index (κ2) is 5.30. The SMILES string of the molecule is COC1(CNC(C)CC#N)CCOC1. The molecule has 1 fully saturated rings. The molecule has 0 aromatic carbocycles. The topological polar surface area (TPSA) is 54.3 Å². The molecule has 0 amide bonds. The van der Waals surface area contributed by atoms with Crippen molar-refractivity contribution < 1.29 is 9.47 Å².